The Labute approximate surface area is 146 Å². The molecule has 0 aliphatic carbocycles. The van der Waals surface area contributed by atoms with Crippen LogP contribution in [0.25, 0.3) is 0 Å². The fourth-order valence-corrected chi connectivity index (χ4v) is 3.91. The van der Waals surface area contributed by atoms with Crippen LogP contribution in [0.1, 0.15) is 46.9 Å². The van der Waals surface area contributed by atoms with E-state index in [0.29, 0.717) is 18.2 Å². The molecule has 0 spiro atoms. The average molecular weight is 345 g/mol. The third kappa shape index (κ3) is 3.56. The Bertz CT molecular complexity index is 697. The van der Waals surface area contributed by atoms with Crippen LogP contribution < -0.4 is 4.90 Å². The van der Waals surface area contributed by atoms with Crippen LogP contribution in [-0.2, 0) is 6.42 Å². The molecule has 1 saturated heterocycles. The van der Waals surface area contributed by atoms with E-state index in [1.165, 1.54) is 0 Å². The molecule has 1 fully saturated rings. The number of hydrogen-bond acceptors (Lipinski definition) is 6. The molecule has 2 aromatic rings. The number of carbonyl (C=O) groups is 1. The zero-order valence-electron chi connectivity index (χ0n) is 14.4. The van der Waals surface area contributed by atoms with Crippen LogP contribution in [-0.4, -0.2) is 53.2 Å². The standard InChI is InChI=1S/C17H23N5OS/c1-4-13-11-24-16(18-13)12-6-5-9-22(10-12)17(23)14-7-8-15(20-19-14)21(2)3/h7-8,11-12H,4-6,9-10H2,1-3H3/t12-/m0/s1. The van der Waals surface area contributed by atoms with Crippen molar-refractivity contribution in [2.75, 3.05) is 32.1 Å². The van der Waals surface area contributed by atoms with Gasteiger partial charge in [0.15, 0.2) is 11.5 Å². The summed E-state index contributed by atoms with van der Waals surface area (Å²) in [6.07, 6.45) is 3.05. The first kappa shape index (κ1) is 16.8. The molecule has 1 atom stereocenters. The zero-order valence-corrected chi connectivity index (χ0v) is 15.2. The first-order chi connectivity index (χ1) is 11.6. The maximum atomic E-state index is 12.7. The maximum absolute atomic E-state index is 12.7. The van der Waals surface area contributed by atoms with Crippen molar-refractivity contribution in [3.8, 4) is 0 Å². The highest BCUT2D eigenvalue weighted by Crippen LogP contribution is 2.30. The van der Waals surface area contributed by atoms with Gasteiger partial charge in [0.1, 0.15) is 0 Å². The van der Waals surface area contributed by atoms with Crippen LogP contribution in [0.3, 0.4) is 0 Å². The number of aromatic nitrogens is 3. The van der Waals surface area contributed by atoms with Gasteiger partial charge in [0, 0.05) is 38.5 Å². The highest BCUT2D eigenvalue weighted by atomic mass is 32.1. The number of amides is 1. The fourth-order valence-electron chi connectivity index (χ4n) is 2.88. The van der Waals surface area contributed by atoms with Gasteiger partial charge in [0.05, 0.1) is 10.7 Å². The molecule has 0 saturated carbocycles. The molecule has 0 aromatic carbocycles. The fraction of sp³-hybridized carbons (Fsp3) is 0.529. The topological polar surface area (TPSA) is 62.2 Å². The monoisotopic (exact) mass is 345 g/mol. The van der Waals surface area contributed by atoms with E-state index in [1.807, 2.05) is 30.0 Å². The van der Waals surface area contributed by atoms with Gasteiger partial charge >= 0.3 is 0 Å². The molecular formula is C17H23N5OS. The van der Waals surface area contributed by atoms with Crippen LogP contribution in [0.4, 0.5) is 5.82 Å². The lowest BCUT2D eigenvalue weighted by atomic mass is 9.98. The van der Waals surface area contributed by atoms with Crippen molar-refractivity contribution < 1.29 is 4.79 Å². The Kier molecular flexibility index (Phi) is 5.08. The maximum Gasteiger partial charge on any atom is 0.274 e. The molecular weight excluding hydrogens is 322 g/mol. The Morgan fingerprint density at radius 1 is 1.38 bits per heavy atom. The Morgan fingerprint density at radius 3 is 2.83 bits per heavy atom. The molecule has 3 heterocycles. The second-order valence-corrected chi connectivity index (χ2v) is 7.18. The van der Waals surface area contributed by atoms with Crippen molar-refractivity contribution in [3.05, 3.63) is 33.9 Å². The highest BCUT2D eigenvalue weighted by molar-refractivity contribution is 7.09. The normalized spacial score (nSPS) is 17.8. The molecule has 1 aliphatic heterocycles. The first-order valence-electron chi connectivity index (χ1n) is 8.33. The van der Waals surface area contributed by atoms with Gasteiger partial charge in [0.25, 0.3) is 5.91 Å². The molecule has 24 heavy (non-hydrogen) atoms. The molecule has 1 aliphatic rings. The Balaban J connectivity index is 1.70. The van der Waals surface area contributed by atoms with E-state index in [2.05, 4.69) is 22.5 Å². The Hall–Kier alpha value is -2.02. The molecule has 6 nitrogen and oxygen atoms in total. The summed E-state index contributed by atoms with van der Waals surface area (Å²) in [5.41, 5.74) is 1.55. The number of rotatable bonds is 4. The zero-order chi connectivity index (χ0) is 17.1. The number of anilines is 1. The summed E-state index contributed by atoms with van der Waals surface area (Å²) in [6, 6.07) is 3.59. The van der Waals surface area contributed by atoms with Crippen LogP contribution in [0, 0.1) is 0 Å². The summed E-state index contributed by atoms with van der Waals surface area (Å²) >= 11 is 1.71. The number of piperidine rings is 1. The molecule has 0 N–H and O–H groups in total. The summed E-state index contributed by atoms with van der Waals surface area (Å²) in [4.78, 5) is 21.2. The molecule has 2 aromatic heterocycles. The molecule has 128 valence electrons. The molecule has 1 amide bonds. The minimum atomic E-state index is -0.0372. The van der Waals surface area contributed by atoms with E-state index in [-0.39, 0.29) is 5.91 Å². The third-order valence-electron chi connectivity index (χ3n) is 4.32. The van der Waals surface area contributed by atoms with Crippen molar-refractivity contribution >= 4 is 23.1 Å². The van der Waals surface area contributed by atoms with Crippen molar-refractivity contribution in [1.82, 2.24) is 20.1 Å². The van der Waals surface area contributed by atoms with E-state index in [4.69, 9.17) is 4.98 Å². The van der Waals surface area contributed by atoms with Gasteiger partial charge in [-0.05, 0) is 31.4 Å². The van der Waals surface area contributed by atoms with Crippen LogP contribution in [0.15, 0.2) is 17.5 Å². The highest BCUT2D eigenvalue weighted by Gasteiger charge is 2.28. The lowest BCUT2D eigenvalue weighted by molar-refractivity contribution is 0.0700. The lowest BCUT2D eigenvalue weighted by Gasteiger charge is -2.31. The van der Waals surface area contributed by atoms with E-state index in [0.717, 1.165) is 42.3 Å². The summed E-state index contributed by atoms with van der Waals surface area (Å²) in [5, 5.41) is 11.5. The van der Waals surface area contributed by atoms with Crippen molar-refractivity contribution in [1.29, 1.82) is 0 Å². The second kappa shape index (κ2) is 7.25. The lowest BCUT2D eigenvalue weighted by Crippen LogP contribution is -2.39. The van der Waals surface area contributed by atoms with Crippen molar-refractivity contribution in [2.24, 2.45) is 0 Å². The van der Waals surface area contributed by atoms with Gasteiger partial charge < -0.3 is 9.80 Å². The number of likely N-dealkylation sites (tertiary alicyclic amines) is 1. The molecule has 0 bridgehead atoms. The van der Waals surface area contributed by atoms with Gasteiger partial charge in [-0.15, -0.1) is 21.5 Å². The van der Waals surface area contributed by atoms with Gasteiger partial charge in [0.2, 0.25) is 0 Å². The SMILES string of the molecule is CCc1csc([C@H]2CCCN(C(=O)c3ccc(N(C)C)nn3)C2)n1. The van der Waals surface area contributed by atoms with Crippen LogP contribution in [0.5, 0.6) is 0 Å². The van der Waals surface area contributed by atoms with Crippen LogP contribution >= 0.6 is 11.3 Å². The predicted octanol–water partition coefficient (Wildman–Crippen LogP) is 2.58. The minimum absolute atomic E-state index is 0.0372. The number of thiazole rings is 1. The molecule has 3 rings (SSSR count). The summed E-state index contributed by atoms with van der Waals surface area (Å²) < 4.78 is 0. The van der Waals surface area contributed by atoms with Crippen molar-refractivity contribution in [2.45, 2.75) is 32.1 Å². The number of nitrogens with zero attached hydrogens (tertiary/aromatic N) is 5. The Morgan fingerprint density at radius 2 is 2.21 bits per heavy atom. The molecule has 0 unspecified atom stereocenters. The van der Waals surface area contributed by atoms with Gasteiger partial charge in [-0.2, -0.15) is 0 Å². The number of carbonyl (C=O) groups excluding carboxylic acids is 1. The third-order valence-corrected chi connectivity index (χ3v) is 5.37. The smallest absolute Gasteiger partial charge is 0.274 e. The van der Waals surface area contributed by atoms with Crippen LogP contribution in [0.2, 0.25) is 0 Å². The van der Waals surface area contributed by atoms with E-state index < -0.39 is 0 Å². The molecule has 7 heteroatoms. The summed E-state index contributed by atoms with van der Waals surface area (Å²) in [5.74, 6) is 1.05. The average Bonchev–Trinajstić information content (AvgIpc) is 3.10. The van der Waals surface area contributed by atoms with Gasteiger partial charge in [-0.3, -0.25) is 4.79 Å². The van der Waals surface area contributed by atoms with E-state index in [1.54, 1.807) is 17.4 Å². The quantitative estimate of drug-likeness (QED) is 0.852. The summed E-state index contributed by atoms with van der Waals surface area (Å²) in [6.45, 7) is 3.61. The minimum Gasteiger partial charge on any atom is -0.361 e. The first-order valence-corrected chi connectivity index (χ1v) is 9.21. The number of hydrogen-bond donors (Lipinski definition) is 0. The second-order valence-electron chi connectivity index (χ2n) is 6.29. The number of aryl methyl sites for hydroxylation is 1. The van der Waals surface area contributed by atoms with E-state index >= 15 is 0 Å². The largest absolute Gasteiger partial charge is 0.361 e. The van der Waals surface area contributed by atoms with Gasteiger partial charge in [-0.1, -0.05) is 6.92 Å². The van der Waals surface area contributed by atoms with Crippen molar-refractivity contribution in [3.63, 3.8) is 0 Å². The van der Waals surface area contributed by atoms with E-state index in [9.17, 15) is 4.79 Å². The predicted molar refractivity (Wildman–Crippen MR) is 95.7 cm³/mol. The van der Waals surface area contributed by atoms with Gasteiger partial charge in [-0.25, -0.2) is 4.98 Å². The summed E-state index contributed by atoms with van der Waals surface area (Å²) in [7, 11) is 3.80. The molecule has 0 radical (unpaired) electrons.